The van der Waals surface area contributed by atoms with Crippen molar-refractivity contribution in [3.8, 4) is 11.1 Å². The predicted molar refractivity (Wildman–Crippen MR) is 61.6 cm³/mol. The molecule has 0 saturated heterocycles. The Labute approximate surface area is 90.0 Å². The van der Waals surface area contributed by atoms with Crippen LogP contribution in [0.2, 0.25) is 0 Å². The molecule has 0 N–H and O–H groups in total. The van der Waals surface area contributed by atoms with E-state index in [9.17, 15) is 0 Å². The van der Waals surface area contributed by atoms with E-state index < -0.39 is 0 Å². The molecule has 0 spiro atoms. The van der Waals surface area contributed by atoms with Gasteiger partial charge in [-0.2, -0.15) is 0 Å². The highest BCUT2D eigenvalue weighted by Crippen LogP contribution is 2.25. The zero-order chi connectivity index (χ0) is 10.7. The minimum Gasteiger partial charge on any atom is -0.264 e. The third-order valence-corrected chi connectivity index (χ3v) is 2.59. The van der Waals surface area contributed by atoms with Gasteiger partial charge in [-0.1, -0.05) is 6.92 Å². The van der Waals surface area contributed by atoms with Crippen molar-refractivity contribution >= 4 is 0 Å². The van der Waals surface area contributed by atoms with Crippen LogP contribution in [0.4, 0.5) is 0 Å². The molecule has 0 unspecified atom stereocenters. The van der Waals surface area contributed by atoms with Crippen LogP contribution >= 0.6 is 0 Å². The Balaban J connectivity index is 2.59. The van der Waals surface area contributed by atoms with Crippen LogP contribution in [0.5, 0.6) is 0 Å². The number of hydrogen-bond acceptors (Lipinski definition) is 2. The Bertz CT molecular complexity index is 464. The lowest BCUT2D eigenvalue weighted by Crippen LogP contribution is -1.91. The van der Waals surface area contributed by atoms with Crippen LogP contribution in [0.15, 0.2) is 36.9 Å². The molecule has 0 atom stereocenters. The maximum absolute atomic E-state index is 4.16. The first kappa shape index (κ1) is 9.84. The van der Waals surface area contributed by atoms with Gasteiger partial charge in [0, 0.05) is 24.8 Å². The summed E-state index contributed by atoms with van der Waals surface area (Å²) in [4.78, 5) is 8.27. The molecule has 0 aromatic carbocycles. The predicted octanol–water partition coefficient (Wildman–Crippen LogP) is 3.01. The number of aryl methyl sites for hydroxylation is 2. The third kappa shape index (κ3) is 1.89. The summed E-state index contributed by atoms with van der Waals surface area (Å²) in [5.74, 6) is 0. The summed E-state index contributed by atoms with van der Waals surface area (Å²) >= 11 is 0. The number of rotatable bonds is 2. The van der Waals surface area contributed by atoms with Crippen LogP contribution < -0.4 is 0 Å². The van der Waals surface area contributed by atoms with Gasteiger partial charge in [-0.25, -0.2) is 0 Å². The van der Waals surface area contributed by atoms with Gasteiger partial charge in [-0.05, 0) is 47.7 Å². The zero-order valence-corrected chi connectivity index (χ0v) is 9.07. The van der Waals surface area contributed by atoms with E-state index in [1.54, 1.807) is 0 Å². The molecule has 0 fully saturated rings. The first-order chi connectivity index (χ1) is 7.33. The molecule has 0 aliphatic carbocycles. The maximum Gasteiger partial charge on any atom is 0.0305 e. The van der Waals surface area contributed by atoms with Gasteiger partial charge < -0.3 is 0 Å². The highest BCUT2D eigenvalue weighted by molar-refractivity contribution is 5.69. The molecular weight excluding hydrogens is 184 g/mol. The quantitative estimate of drug-likeness (QED) is 0.741. The van der Waals surface area contributed by atoms with Crippen LogP contribution in [0.25, 0.3) is 11.1 Å². The largest absolute Gasteiger partial charge is 0.264 e. The summed E-state index contributed by atoms with van der Waals surface area (Å²) in [6.07, 6.45) is 8.52. The summed E-state index contributed by atoms with van der Waals surface area (Å²) in [6, 6.07) is 4.13. The standard InChI is InChI=1S/C13H14N2/c1-3-11-9-15-7-5-13(11)12-4-6-14-8-10(12)2/h4-9H,3H2,1-2H3. The van der Waals surface area contributed by atoms with Crippen molar-refractivity contribution in [1.29, 1.82) is 0 Å². The molecule has 2 nitrogen and oxygen atoms in total. The Kier molecular flexibility index (Phi) is 2.77. The van der Waals surface area contributed by atoms with Gasteiger partial charge in [0.2, 0.25) is 0 Å². The topological polar surface area (TPSA) is 25.8 Å². The van der Waals surface area contributed by atoms with Crippen LogP contribution in [0.1, 0.15) is 18.1 Å². The van der Waals surface area contributed by atoms with E-state index in [1.165, 1.54) is 22.3 Å². The van der Waals surface area contributed by atoms with Gasteiger partial charge in [-0.15, -0.1) is 0 Å². The number of aromatic nitrogens is 2. The third-order valence-electron chi connectivity index (χ3n) is 2.59. The van der Waals surface area contributed by atoms with Crippen molar-refractivity contribution in [2.75, 3.05) is 0 Å². The fourth-order valence-corrected chi connectivity index (χ4v) is 1.75. The lowest BCUT2D eigenvalue weighted by Gasteiger charge is -2.09. The highest BCUT2D eigenvalue weighted by Gasteiger charge is 2.05. The summed E-state index contributed by atoms with van der Waals surface area (Å²) in [5, 5.41) is 0. The van der Waals surface area contributed by atoms with Gasteiger partial charge in [0.15, 0.2) is 0 Å². The zero-order valence-electron chi connectivity index (χ0n) is 9.07. The van der Waals surface area contributed by atoms with Crippen molar-refractivity contribution in [1.82, 2.24) is 9.97 Å². The van der Waals surface area contributed by atoms with Gasteiger partial charge in [0.05, 0.1) is 0 Å². The van der Waals surface area contributed by atoms with E-state index in [0.29, 0.717) is 0 Å². The molecule has 0 radical (unpaired) electrons. The molecule has 0 bridgehead atoms. The van der Waals surface area contributed by atoms with Crippen molar-refractivity contribution in [3.63, 3.8) is 0 Å². The normalized spacial score (nSPS) is 10.3. The fourth-order valence-electron chi connectivity index (χ4n) is 1.75. The Morgan fingerprint density at radius 2 is 1.67 bits per heavy atom. The molecule has 2 heteroatoms. The average molecular weight is 198 g/mol. The lowest BCUT2D eigenvalue weighted by atomic mass is 9.98. The number of nitrogens with zero attached hydrogens (tertiary/aromatic N) is 2. The molecule has 0 aliphatic heterocycles. The first-order valence-corrected chi connectivity index (χ1v) is 5.16. The van der Waals surface area contributed by atoms with E-state index in [4.69, 9.17) is 0 Å². The Morgan fingerprint density at radius 1 is 1.00 bits per heavy atom. The molecule has 2 aromatic heterocycles. The first-order valence-electron chi connectivity index (χ1n) is 5.16. The van der Waals surface area contributed by atoms with E-state index in [2.05, 4.69) is 35.9 Å². The summed E-state index contributed by atoms with van der Waals surface area (Å²) in [7, 11) is 0. The Hall–Kier alpha value is -1.70. The molecular formula is C13H14N2. The molecule has 0 saturated carbocycles. The monoisotopic (exact) mass is 198 g/mol. The smallest absolute Gasteiger partial charge is 0.0305 e. The molecule has 2 aromatic rings. The second-order valence-corrected chi connectivity index (χ2v) is 3.58. The SMILES string of the molecule is CCc1cnccc1-c1ccncc1C. The van der Waals surface area contributed by atoms with E-state index in [-0.39, 0.29) is 0 Å². The summed E-state index contributed by atoms with van der Waals surface area (Å²) in [6.45, 7) is 4.24. The van der Waals surface area contributed by atoms with Crippen LogP contribution in [0, 0.1) is 6.92 Å². The van der Waals surface area contributed by atoms with E-state index >= 15 is 0 Å². The summed E-state index contributed by atoms with van der Waals surface area (Å²) in [5.41, 5.74) is 5.02. The van der Waals surface area contributed by atoms with Gasteiger partial charge >= 0.3 is 0 Å². The van der Waals surface area contributed by atoms with Gasteiger partial charge in [-0.3, -0.25) is 9.97 Å². The molecule has 2 rings (SSSR count). The van der Waals surface area contributed by atoms with E-state index in [0.717, 1.165) is 6.42 Å². The van der Waals surface area contributed by atoms with Crippen LogP contribution in [0.3, 0.4) is 0 Å². The highest BCUT2D eigenvalue weighted by atomic mass is 14.6. The Morgan fingerprint density at radius 3 is 2.33 bits per heavy atom. The minimum absolute atomic E-state index is 1.00. The summed E-state index contributed by atoms with van der Waals surface area (Å²) < 4.78 is 0. The molecule has 0 aliphatic rings. The van der Waals surface area contributed by atoms with Crippen LogP contribution in [-0.4, -0.2) is 9.97 Å². The van der Waals surface area contributed by atoms with E-state index in [1.807, 2.05) is 24.8 Å². The van der Waals surface area contributed by atoms with Crippen LogP contribution in [-0.2, 0) is 6.42 Å². The molecule has 15 heavy (non-hydrogen) atoms. The van der Waals surface area contributed by atoms with Crippen molar-refractivity contribution in [3.05, 3.63) is 48.0 Å². The molecule has 76 valence electrons. The second kappa shape index (κ2) is 4.22. The second-order valence-electron chi connectivity index (χ2n) is 3.58. The number of pyridine rings is 2. The maximum atomic E-state index is 4.16. The number of hydrogen-bond donors (Lipinski definition) is 0. The average Bonchev–Trinajstić information content (AvgIpc) is 2.30. The van der Waals surface area contributed by atoms with Crippen molar-refractivity contribution < 1.29 is 0 Å². The van der Waals surface area contributed by atoms with Gasteiger partial charge in [0.25, 0.3) is 0 Å². The molecule has 0 amide bonds. The van der Waals surface area contributed by atoms with Crippen molar-refractivity contribution in [2.45, 2.75) is 20.3 Å². The minimum atomic E-state index is 1.00. The lowest BCUT2D eigenvalue weighted by molar-refractivity contribution is 1.10. The fraction of sp³-hybridized carbons (Fsp3) is 0.231. The molecule has 2 heterocycles. The van der Waals surface area contributed by atoms with Gasteiger partial charge in [0.1, 0.15) is 0 Å². The van der Waals surface area contributed by atoms with Crippen molar-refractivity contribution in [2.24, 2.45) is 0 Å².